The van der Waals surface area contributed by atoms with Gasteiger partial charge in [-0.25, -0.2) is 4.98 Å². The Hall–Kier alpha value is -1.92. The van der Waals surface area contributed by atoms with Crippen LogP contribution in [0.4, 0.5) is 5.95 Å². The van der Waals surface area contributed by atoms with Crippen molar-refractivity contribution in [2.75, 3.05) is 24.7 Å². The summed E-state index contributed by atoms with van der Waals surface area (Å²) in [7, 11) is 1.73. The number of pyridine rings is 1. The fourth-order valence-electron chi connectivity index (χ4n) is 2.53. The second-order valence-electron chi connectivity index (χ2n) is 5.31. The van der Waals surface area contributed by atoms with Gasteiger partial charge in [-0.15, -0.1) is 0 Å². The van der Waals surface area contributed by atoms with Crippen molar-refractivity contribution in [2.45, 2.75) is 13.0 Å². The standard InChI is InChI=1S/C15H17ClN4O2/c1-10-9-22-6-5-20(10)15-18-13(7-14(21)19(15)2)11-3-4-17-8-12(11)16/h3-4,7-8,10H,5-6,9H2,1-2H3/t10-/m1/s1. The average Bonchev–Trinajstić information content (AvgIpc) is 2.51. The second-order valence-corrected chi connectivity index (χ2v) is 5.72. The molecular formula is C15H17ClN4O2. The van der Waals surface area contributed by atoms with Gasteiger partial charge >= 0.3 is 0 Å². The molecule has 116 valence electrons. The molecule has 1 fully saturated rings. The molecule has 1 aliphatic rings. The van der Waals surface area contributed by atoms with E-state index in [1.54, 1.807) is 30.1 Å². The molecule has 2 aromatic rings. The number of anilines is 1. The Labute approximate surface area is 133 Å². The molecule has 0 amide bonds. The predicted octanol–water partition coefficient (Wildman–Crippen LogP) is 1.72. The third-order valence-electron chi connectivity index (χ3n) is 3.78. The Balaban J connectivity index is 2.11. The molecule has 1 saturated heterocycles. The molecule has 7 heteroatoms. The number of halogens is 1. The highest BCUT2D eigenvalue weighted by molar-refractivity contribution is 6.33. The number of aromatic nitrogens is 3. The topological polar surface area (TPSA) is 60.2 Å². The quantitative estimate of drug-likeness (QED) is 0.843. The van der Waals surface area contributed by atoms with Gasteiger partial charge in [0.1, 0.15) is 0 Å². The lowest BCUT2D eigenvalue weighted by atomic mass is 10.2. The van der Waals surface area contributed by atoms with Gasteiger partial charge in [-0.3, -0.25) is 14.3 Å². The first-order valence-corrected chi connectivity index (χ1v) is 7.48. The van der Waals surface area contributed by atoms with Gasteiger partial charge in [-0.1, -0.05) is 11.6 Å². The molecule has 0 saturated carbocycles. The molecule has 0 N–H and O–H groups in total. The lowest BCUT2D eigenvalue weighted by molar-refractivity contribution is 0.0976. The number of rotatable bonds is 2. The lowest BCUT2D eigenvalue weighted by Gasteiger charge is -2.35. The molecule has 0 aliphatic carbocycles. The zero-order chi connectivity index (χ0) is 15.7. The summed E-state index contributed by atoms with van der Waals surface area (Å²) < 4.78 is 7.01. The van der Waals surface area contributed by atoms with Gasteiger partial charge in [-0.05, 0) is 13.0 Å². The first-order valence-electron chi connectivity index (χ1n) is 7.10. The van der Waals surface area contributed by atoms with Crippen LogP contribution < -0.4 is 10.5 Å². The Kier molecular flexibility index (Phi) is 4.13. The number of ether oxygens (including phenoxy) is 1. The van der Waals surface area contributed by atoms with Gasteiger partial charge in [0, 0.05) is 37.6 Å². The summed E-state index contributed by atoms with van der Waals surface area (Å²) in [4.78, 5) is 23.0. The van der Waals surface area contributed by atoms with Crippen LogP contribution in [0, 0.1) is 0 Å². The van der Waals surface area contributed by atoms with Crippen LogP contribution in [0.5, 0.6) is 0 Å². The van der Waals surface area contributed by atoms with E-state index in [2.05, 4.69) is 21.8 Å². The van der Waals surface area contributed by atoms with Gasteiger partial charge in [0.25, 0.3) is 5.56 Å². The Morgan fingerprint density at radius 3 is 3.00 bits per heavy atom. The van der Waals surface area contributed by atoms with E-state index < -0.39 is 0 Å². The molecule has 1 atom stereocenters. The van der Waals surface area contributed by atoms with E-state index in [9.17, 15) is 4.79 Å². The first-order chi connectivity index (χ1) is 10.6. The molecule has 0 bridgehead atoms. The third kappa shape index (κ3) is 2.71. The Morgan fingerprint density at radius 1 is 1.45 bits per heavy atom. The van der Waals surface area contributed by atoms with Crippen LogP contribution in [0.15, 0.2) is 29.3 Å². The molecule has 0 radical (unpaired) electrons. The van der Waals surface area contributed by atoms with Crippen molar-refractivity contribution in [1.82, 2.24) is 14.5 Å². The van der Waals surface area contributed by atoms with Crippen molar-refractivity contribution >= 4 is 17.5 Å². The molecule has 0 aromatic carbocycles. The van der Waals surface area contributed by atoms with Gasteiger partial charge < -0.3 is 9.64 Å². The predicted molar refractivity (Wildman–Crippen MR) is 85.3 cm³/mol. The third-order valence-corrected chi connectivity index (χ3v) is 4.09. The minimum absolute atomic E-state index is 0.119. The summed E-state index contributed by atoms with van der Waals surface area (Å²) in [6, 6.07) is 3.42. The van der Waals surface area contributed by atoms with Crippen molar-refractivity contribution in [3.63, 3.8) is 0 Å². The van der Waals surface area contributed by atoms with E-state index in [1.807, 2.05) is 0 Å². The van der Waals surface area contributed by atoms with Gasteiger partial charge in [0.2, 0.25) is 5.95 Å². The summed E-state index contributed by atoms with van der Waals surface area (Å²) in [5.41, 5.74) is 1.15. The van der Waals surface area contributed by atoms with Crippen LogP contribution in [-0.2, 0) is 11.8 Å². The van der Waals surface area contributed by atoms with E-state index in [0.29, 0.717) is 42.0 Å². The molecule has 1 aliphatic heterocycles. The summed E-state index contributed by atoms with van der Waals surface area (Å²) in [6.45, 7) is 4.00. The maximum absolute atomic E-state index is 12.3. The summed E-state index contributed by atoms with van der Waals surface area (Å²) in [5.74, 6) is 0.631. The van der Waals surface area contributed by atoms with Crippen LogP contribution >= 0.6 is 11.6 Å². The van der Waals surface area contributed by atoms with Gasteiger partial charge in [-0.2, -0.15) is 0 Å². The van der Waals surface area contributed by atoms with Crippen molar-refractivity contribution < 1.29 is 4.74 Å². The molecule has 3 heterocycles. The largest absolute Gasteiger partial charge is 0.377 e. The number of hydrogen-bond acceptors (Lipinski definition) is 5. The maximum Gasteiger partial charge on any atom is 0.255 e. The minimum atomic E-state index is -0.119. The fourth-order valence-corrected chi connectivity index (χ4v) is 2.75. The van der Waals surface area contributed by atoms with Gasteiger partial charge in [0.05, 0.1) is 30.0 Å². The minimum Gasteiger partial charge on any atom is -0.377 e. The van der Waals surface area contributed by atoms with E-state index in [0.717, 1.165) is 0 Å². The number of morpholine rings is 1. The van der Waals surface area contributed by atoms with Crippen molar-refractivity contribution in [2.24, 2.45) is 7.05 Å². The van der Waals surface area contributed by atoms with E-state index >= 15 is 0 Å². The molecule has 2 aromatic heterocycles. The van der Waals surface area contributed by atoms with Crippen molar-refractivity contribution in [3.8, 4) is 11.3 Å². The fraction of sp³-hybridized carbons (Fsp3) is 0.400. The maximum atomic E-state index is 12.3. The lowest BCUT2D eigenvalue weighted by Crippen LogP contribution is -2.46. The number of nitrogens with zero attached hydrogens (tertiary/aromatic N) is 4. The van der Waals surface area contributed by atoms with E-state index in [1.165, 1.54) is 6.07 Å². The van der Waals surface area contributed by atoms with Crippen LogP contribution in [0.1, 0.15) is 6.92 Å². The summed E-state index contributed by atoms with van der Waals surface area (Å²) in [6.07, 6.45) is 3.19. The van der Waals surface area contributed by atoms with Crippen LogP contribution in [0.2, 0.25) is 5.02 Å². The molecule has 0 spiro atoms. The SMILES string of the molecule is C[C@@H]1COCCN1c1nc(-c2ccncc2Cl)cc(=O)n1C. The normalized spacial score (nSPS) is 18.5. The first kappa shape index (κ1) is 15.0. The number of hydrogen-bond donors (Lipinski definition) is 0. The molecule has 22 heavy (non-hydrogen) atoms. The molecule has 0 unspecified atom stereocenters. The highest BCUT2D eigenvalue weighted by Gasteiger charge is 2.23. The van der Waals surface area contributed by atoms with Gasteiger partial charge in [0.15, 0.2) is 0 Å². The van der Waals surface area contributed by atoms with Crippen molar-refractivity contribution in [3.05, 3.63) is 39.9 Å². The highest BCUT2D eigenvalue weighted by Crippen LogP contribution is 2.26. The molecular weight excluding hydrogens is 304 g/mol. The average molecular weight is 321 g/mol. The van der Waals surface area contributed by atoms with E-state index in [-0.39, 0.29) is 11.6 Å². The van der Waals surface area contributed by atoms with Crippen LogP contribution in [0.3, 0.4) is 0 Å². The second kappa shape index (κ2) is 6.06. The monoisotopic (exact) mass is 320 g/mol. The van der Waals surface area contributed by atoms with Crippen molar-refractivity contribution in [1.29, 1.82) is 0 Å². The summed E-state index contributed by atoms with van der Waals surface area (Å²) >= 11 is 6.17. The molecule has 6 nitrogen and oxygen atoms in total. The summed E-state index contributed by atoms with van der Waals surface area (Å²) in [5, 5.41) is 0.476. The zero-order valence-electron chi connectivity index (χ0n) is 12.5. The van der Waals surface area contributed by atoms with Crippen LogP contribution in [-0.4, -0.2) is 40.3 Å². The smallest absolute Gasteiger partial charge is 0.255 e. The molecule has 3 rings (SSSR count). The Bertz CT molecular complexity index is 747. The highest BCUT2D eigenvalue weighted by atomic mass is 35.5. The zero-order valence-corrected chi connectivity index (χ0v) is 13.2. The Morgan fingerprint density at radius 2 is 2.27 bits per heavy atom. The van der Waals surface area contributed by atoms with Crippen LogP contribution in [0.25, 0.3) is 11.3 Å². The van der Waals surface area contributed by atoms with E-state index in [4.69, 9.17) is 16.3 Å².